The Labute approximate surface area is 149 Å². The Balaban J connectivity index is 1.69. The van der Waals surface area contributed by atoms with Crippen molar-refractivity contribution in [1.29, 1.82) is 0 Å². The van der Waals surface area contributed by atoms with Crippen LogP contribution in [0.15, 0.2) is 34.7 Å². The highest BCUT2D eigenvalue weighted by Gasteiger charge is 2.20. The second kappa shape index (κ2) is 7.14. The van der Waals surface area contributed by atoms with Crippen LogP contribution in [0.3, 0.4) is 0 Å². The molecular formula is C17H18ClN3O4. The number of halogens is 1. The molecule has 0 bridgehead atoms. The van der Waals surface area contributed by atoms with Crippen molar-refractivity contribution < 1.29 is 14.1 Å². The number of piperidine rings is 1. The Hall–Kier alpha value is -2.54. The molecule has 7 nitrogen and oxygen atoms in total. The van der Waals surface area contributed by atoms with Gasteiger partial charge in [-0.15, -0.1) is 0 Å². The Bertz CT molecular complexity index is 797. The van der Waals surface area contributed by atoms with Crippen LogP contribution in [0.5, 0.6) is 0 Å². The van der Waals surface area contributed by atoms with Gasteiger partial charge in [0.25, 0.3) is 5.91 Å². The summed E-state index contributed by atoms with van der Waals surface area (Å²) in [5.74, 6) is -0.440. The van der Waals surface area contributed by atoms with E-state index < -0.39 is 16.7 Å². The monoisotopic (exact) mass is 363 g/mol. The van der Waals surface area contributed by atoms with Crippen molar-refractivity contribution in [3.05, 3.63) is 51.2 Å². The Morgan fingerprint density at radius 2 is 2.04 bits per heavy atom. The van der Waals surface area contributed by atoms with Gasteiger partial charge < -0.3 is 14.6 Å². The van der Waals surface area contributed by atoms with Gasteiger partial charge in [0.1, 0.15) is 4.92 Å². The zero-order chi connectivity index (χ0) is 18.0. The second-order valence-electron chi connectivity index (χ2n) is 6.18. The van der Waals surface area contributed by atoms with Crippen molar-refractivity contribution in [2.24, 2.45) is 5.92 Å². The van der Waals surface area contributed by atoms with Gasteiger partial charge in [0.2, 0.25) is 0 Å². The first kappa shape index (κ1) is 17.3. The molecular weight excluding hydrogens is 346 g/mol. The fraction of sp³-hybridized carbons (Fsp3) is 0.353. The van der Waals surface area contributed by atoms with Gasteiger partial charge in [-0.25, -0.2) is 0 Å². The summed E-state index contributed by atoms with van der Waals surface area (Å²) in [6, 6.07) is 7.71. The van der Waals surface area contributed by atoms with Crippen LogP contribution in [0.4, 0.5) is 17.3 Å². The number of hydrogen-bond donors (Lipinski definition) is 1. The first-order valence-corrected chi connectivity index (χ1v) is 8.42. The maximum atomic E-state index is 12.1. The lowest BCUT2D eigenvalue weighted by Gasteiger charge is -2.32. The summed E-state index contributed by atoms with van der Waals surface area (Å²) in [5.41, 5.74) is 1.45. The van der Waals surface area contributed by atoms with Gasteiger partial charge in [0, 0.05) is 18.8 Å². The zero-order valence-electron chi connectivity index (χ0n) is 13.7. The fourth-order valence-corrected chi connectivity index (χ4v) is 3.13. The Morgan fingerprint density at radius 1 is 1.32 bits per heavy atom. The fourth-order valence-electron chi connectivity index (χ4n) is 2.83. The summed E-state index contributed by atoms with van der Waals surface area (Å²) < 4.78 is 4.89. The van der Waals surface area contributed by atoms with E-state index in [0.29, 0.717) is 10.7 Å². The standard InChI is InChI=1S/C17H18ClN3O4/c1-11-6-8-20(9-7-11)14-3-2-12(10-13(14)18)19-17(22)15-4-5-16(25-15)21(23)24/h2-5,10-11H,6-9H2,1H3,(H,19,22). The van der Waals surface area contributed by atoms with Gasteiger partial charge in [-0.2, -0.15) is 0 Å². The molecule has 132 valence electrons. The van der Waals surface area contributed by atoms with Crippen molar-refractivity contribution in [1.82, 2.24) is 0 Å². The number of carbonyl (C=O) groups is 1. The summed E-state index contributed by atoms with van der Waals surface area (Å²) in [6.07, 6.45) is 2.26. The van der Waals surface area contributed by atoms with Crippen LogP contribution in [0.25, 0.3) is 0 Å². The number of nitro groups is 1. The number of nitrogens with zero attached hydrogens (tertiary/aromatic N) is 2. The smallest absolute Gasteiger partial charge is 0.395 e. The molecule has 0 spiro atoms. The topological polar surface area (TPSA) is 88.6 Å². The quantitative estimate of drug-likeness (QED) is 0.645. The highest BCUT2D eigenvalue weighted by atomic mass is 35.5. The molecule has 1 aromatic carbocycles. The lowest BCUT2D eigenvalue weighted by atomic mass is 9.99. The number of furan rings is 1. The minimum atomic E-state index is -0.693. The predicted molar refractivity (Wildman–Crippen MR) is 95.4 cm³/mol. The van der Waals surface area contributed by atoms with Crippen LogP contribution in [0.1, 0.15) is 30.3 Å². The van der Waals surface area contributed by atoms with Crippen LogP contribution >= 0.6 is 11.6 Å². The number of benzene rings is 1. The van der Waals surface area contributed by atoms with Crippen molar-refractivity contribution in [2.45, 2.75) is 19.8 Å². The van der Waals surface area contributed by atoms with E-state index in [0.717, 1.165) is 43.6 Å². The second-order valence-corrected chi connectivity index (χ2v) is 6.59. The number of amides is 1. The van der Waals surface area contributed by atoms with E-state index in [4.69, 9.17) is 16.0 Å². The number of anilines is 2. The molecule has 1 aromatic heterocycles. The van der Waals surface area contributed by atoms with E-state index in [-0.39, 0.29) is 5.76 Å². The lowest BCUT2D eigenvalue weighted by molar-refractivity contribution is -0.402. The average Bonchev–Trinajstić information content (AvgIpc) is 3.06. The molecule has 0 saturated carbocycles. The van der Waals surface area contributed by atoms with Crippen LogP contribution < -0.4 is 10.2 Å². The largest absolute Gasteiger partial charge is 0.433 e. The molecule has 0 radical (unpaired) electrons. The molecule has 0 atom stereocenters. The number of carbonyl (C=O) groups excluding carboxylic acids is 1. The Kier molecular flexibility index (Phi) is 4.94. The van der Waals surface area contributed by atoms with Crippen molar-refractivity contribution in [2.75, 3.05) is 23.3 Å². The van der Waals surface area contributed by atoms with Gasteiger partial charge in [-0.05, 0) is 43.0 Å². The normalized spacial score (nSPS) is 15.2. The van der Waals surface area contributed by atoms with E-state index in [1.165, 1.54) is 6.07 Å². The number of nitrogens with one attached hydrogen (secondary N) is 1. The molecule has 1 N–H and O–H groups in total. The molecule has 2 aromatic rings. The zero-order valence-corrected chi connectivity index (χ0v) is 14.5. The molecule has 0 aliphatic carbocycles. The van der Waals surface area contributed by atoms with Crippen LogP contribution in [0.2, 0.25) is 5.02 Å². The molecule has 25 heavy (non-hydrogen) atoms. The summed E-state index contributed by atoms with van der Waals surface area (Å²) in [6.45, 7) is 4.17. The summed E-state index contributed by atoms with van der Waals surface area (Å²) in [7, 11) is 0. The highest BCUT2D eigenvalue weighted by Crippen LogP contribution is 2.32. The van der Waals surface area contributed by atoms with Gasteiger partial charge in [-0.1, -0.05) is 18.5 Å². The van der Waals surface area contributed by atoms with E-state index in [2.05, 4.69) is 17.1 Å². The van der Waals surface area contributed by atoms with Crippen LogP contribution in [-0.4, -0.2) is 23.9 Å². The molecule has 3 rings (SSSR count). The van der Waals surface area contributed by atoms with Gasteiger partial charge >= 0.3 is 5.88 Å². The van der Waals surface area contributed by atoms with Gasteiger partial charge in [0.15, 0.2) is 5.76 Å². The maximum absolute atomic E-state index is 12.1. The molecule has 8 heteroatoms. The molecule has 1 amide bonds. The number of hydrogen-bond acceptors (Lipinski definition) is 5. The molecule has 1 aliphatic heterocycles. The van der Waals surface area contributed by atoms with E-state index >= 15 is 0 Å². The Morgan fingerprint density at radius 3 is 2.64 bits per heavy atom. The summed E-state index contributed by atoms with van der Waals surface area (Å²) >= 11 is 6.37. The SMILES string of the molecule is CC1CCN(c2ccc(NC(=O)c3ccc([N+](=O)[O-])o3)cc2Cl)CC1. The first-order chi connectivity index (χ1) is 11.9. The molecule has 1 aliphatic rings. The molecule has 1 saturated heterocycles. The van der Waals surface area contributed by atoms with Crippen molar-refractivity contribution in [3.8, 4) is 0 Å². The third-order valence-electron chi connectivity index (χ3n) is 4.33. The van der Waals surface area contributed by atoms with Gasteiger partial charge in [-0.3, -0.25) is 14.9 Å². The van der Waals surface area contributed by atoms with Crippen molar-refractivity contribution in [3.63, 3.8) is 0 Å². The molecule has 1 fully saturated rings. The van der Waals surface area contributed by atoms with E-state index in [1.807, 2.05) is 6.07 Å². The van der Waals surface area contributed by atoms with Gasteiger partial charge in [0.05, 0.1) is 16.8 Å². The van der Waals surface area contributed by atoms with Crippen LogP contribution in [-0.2, 0) is 0 Å². The van der Waals surface area contributed by atoms with Crippen LogP contribution in [0, 0.1) is 16.0 Å². The molecule has 0 unspecified atom stereocenters. The minimum absolute atomic E-state index is 0.128. The highest BCUT2D eigenvalue weighted by molar-refractivity contribution is 6.33. The molecule has 2 heterocycles. The maximum Gasteiger partial charge on any atom is 0.433 e. The van der Waals surface area contributed by atoms with E-state index in [9.17, 15) is 14.9 Å². The predicted octanol–water partition coefficient (Wildman–Crippen LogP) is 4.33. The summed E-state index contributed by atoms with van der Waals surface area (Å²) in [4.78, 5) is 24.3. The van der Waals surface area contributed by atoms with Crippen molar-refractivity contribution >= 4 is 34.8 Å². The minimum Gasteiger partial charge on any atom is -0.395 e. The lowest BCUT2D eigenvalue weighted by Crippen LogP contribution is -2.32. The van der Waals surface area contributed by atoms with E-state index in [1.54, 1.807) is 12.1 Å². The summed E-state index contributed by atoms with van der Waals surface area (Å²) in [5, 5.41) is 13.8. The third-order valence-corrected chi connectivity index (χ3v) is 4.63. The number of rotatable bonds is 4. The first-order valence-electron chi connectivity index (χ1n) is 8.04. The third kappa shape index (κ3) is 3.93. The average molecular weight is 364 g/mol.